The van der Waals surface area contributed by atoms with Gasteiger partial charge in [-0.3, -0.25) is 0 Å². The maximum absolute atomic E-state index is 3.35. The molecule has 0 aliphatic carbocycles. The molecule has 0 aromatic rings. The summed E-state index contributed by atoms with van der Waals surface area (Å²) in [4.78, 5) is 2.26. The van der Waals surface area contributed by atoms with E-state index in [4.69, 9.17) is 0 Å². The van der Waals surface area contributed by atoms with Gasteiger partial charge in [-0.25, -0.2) is 0 Å². The Labute approximate surface area is 69.4 Å². The number of nitrogens with zero attached hydrogens (tertiary/aromatic N) is 1. The second-order valence-corrected chi connectivity index (χ2v) is 3.12. The number of rotatable bonds is 2. The van der Waals surface area contributed by atoms with Gasteiger partial charge in [0, 0.05) is 6.54 Å². The average molecular weight is 165 g/mol. The first-order valence-electron chi connectivity index (χ1n) is 3.64. The second kappa shape index (κ2) is 4.94. The minimum atomic E-state index is 0. The number of nitrogens with one attached hydrogen (secondary N) is 1. The van der Waals surface area contributed by atoms with Gasteiger partial charge < -0.3 is 10.2 Å². The zero-order valence-corrected chi connectivity index (χ0v) is 7.58. The van der Waals surface area contributed by atoms with Crippen LogP contribution in [0.25, 0.3) is 0 Å². The van der Waals surface area contributed by atoms with Gasteiger partial charge in [0.15, 0.2) is 0 Å². The first-order chi connectivity index (χ1) is 4.29. The van der Waals surface area contributed by atoms with Crippen molar-refractivity contribution in [2.24, 2.45) is 5.92 Å². The van der Waals surface area contributed by atoms with Gasteiger partial charge in [0.1, 0.15) is 0 Å². The molecular formula is C7H17ClN2. The van der Waals surface area contributed by atoms with E-state index in [1.54, 1.807) is 0 Å². The second-order valence-electron chi connectivity index (χ2n) is 3.12. The normalized spacial score (nSPS) is 24.9. The maximum Gasteiger partial charge on any atom is 0.00162 e. The van der Waals surface area contributed by atoms with E-state index in [0.29, 0.717) is 0 Å². The molecule has 3 heteroatoms. The van der Waals surface area contributed by atoms with E-state index in [0.717, 1.165) is 5.92 Å². The molecule has 62 valence electrons. The van der Waals surface area contributed by atoms with Crippen LogP contribution >= 0.6 is 12.4 Å². The topological polar surface area (TPSA) is 15.3 Å². The molecule has 0 bridgehead atoms. The molecule has 1 heterocycles. The summed E-state index contributed by atoms with van der Waals surface area (Å²) in [6.45, 7) is 3.68. The lowest BCUT2D eigenvalue weighted by Crippen LogP contribution is -2.23. The van der Waals surface area contributed by atoms with E-state index in [1.807, 2.05) is 0 Å². The first kappa shape index (κ1) is 10.2. The van der Waals surface area contributed by atoms with E-state index in [2.05, 4.69) is 24.3 Å². The minimum Gasteiger partial charge on any atom is -0.316 e. The quantitative estimate of drug-likeness (QED) is 0.643. The highest BCUT2D eigenvalue weighted by Crippen LogP contribution is 2.06. The molecule has 1 fully saturated rings. The molecule has 1 N–H and O–H groups in total. The molecule has 0 aromatic carbocycles. The van der Waals surface area contributed by atoms with Crippen LogP contribution in [-0.2, 0) is 0 Å². The summed E-state index contributed by atoms with van der Waals surface area (Å²) in [7, 11) is 4.27. The van der Waals surface area contributed by atoms with Gasteiger partial charge in [-0.1, -0.05) is 0 Å². The smallest absolute Gasteiger partial charge is 0.00162 e. The van der Waals surface area contributed by atoms with Crippen molar-refractivity contribution < 1.29 is 0 Å². The molecule has 0 radical (unpaired) electrons. The van der Waals surface area contributed by atoms with Gasteiger partial charge in [0.05, 0.1) is 0 Å². The number of hydrogen-bond donors (Lipinski definition) is 1. The zero-order valence-electron chi connectivity index (χ0n) is 6.76. The molecule has 1 saturated heterocycles. The Morgan fingerprint density at radius 1 is 1.50 bits per heavy atom. The molecule has 0 spiro atoms. The highest BCUT2D eigenvalue weighted by atomic mass is 35.5. The van der Waals surface area contributed by atoms with Crippen LogP contribution in [0.4, 0.5) is 0 Å². The van der Waals surface area contributed by atoms with Crippen molar-refractivity contribution in [2.45, 2.75) is 6.42 Å². The van der Waals surface area contributed by atoms with Crippen LogP contribution in [0.15, 0.2) is 0 Å². The van der Waals surface area contributed by atoms with Crippen LogP contribution in [0.1, 0.15) is 6.42 Å². The van der Waals surface area contributed by atoms with Crippen LogP contribution in [-0.4, -0.2) is 38.6 Å². The van der Waals surface area contributed by atoms with Crippen LogP contribution in [0, 0.1) is 5.92 Å². The van der Waals surface area contributed by atoms with Crippen molar-refractivity contribution in [2.75, 3.05) is 33.7 Å². The summed E-state index contributed by atoms with van der Waals surface area (Å²) in [5, 5.41) is 3.35. The molecular weight excluding hydrogens is 148 g/mol. The van der Waals surface area contributed by atoms with Crippen molar-refractivity contribution >= 4 is 12.4 Å². The van der Waals surface area contributed by atoms with Crippen LogP contribution in [0.2, 0.25) is 0 Å². The summed E-state index contributed by atoms with van der Waals surface area (Å²) < 4.78 is 0. The molecule has 1 unspecified atom stereocenters. The van der Waals surface area contributed by atoms with Crippen LogP contribution < -0.4 is 5.32 Å². The van der Waals surface area contributed by atoms with Gasteiger partial charge in [0.25, 0.3) is 0 Å². The fraction of sp³-hybridized carbons (Fsp3) is 1.00. The standard InChI is InChI=1S/C7H16N2.ClH/c1-9(2)6-7-3-4-8-5-7;/h7-8H,3-6H2,1-2H3;1H. The maximum atomic E-state index is 3.35. The predicted molar refractivity (Wildman–Crippen MR) is 46.8 cm³/mol. The Morgan fingerprint density at radius 3 is 2.60 bits per heavy atom. The van der Waals surface area contributed by atoms with Gasteiger partial charge in [0.2, 0.25) is 0 Å². The summed E-state index contributed by atoms with van der Waals surface area (Å²) in [5.41, 5.74) is 0. The number of hydrogen-bond acceptors (Lipinski definition) is 2. The van der Waals surface area contributed by atoms with E-state index in [9.17, 15) is 0 Å². The third-order valence-corrected chi connectivity index (χ3v) is 1.79. The molecule has 2 nitrogen and oxygen atoms in total. The summed E-state index contributed by atoms with van der Waals surface area (Å²) in [5.74, 6) is 0.903. The lowest BCUT2D eigenvalue weighted by Gasteiger charge is -2.13. The largest absolute Gasteiger partial charge is 0.316 e. The lowest BCUT2D eigenvalue weighted by atomic mass is 10.1. The molecule has 1 aliphatic rings. The van der Waals surface area contributed by atoms with Gasteiger partial charge >= 0.3 is 0 Å². The first-order valence-corrected chi connectivity index (χ1v) is 3.64. The Morgan fingerprint density at radius 2 is 2.20 bits per heavy atom. The molecule has 10 heavy (non-hydrogen) atoms. The van der Waals surface area contributed by atoms with E-state index in [1.165, 1.54) is 26.1 Å². The van der Waals surface area contributed by atoms with Gasteiger partial charge in [-0.2, -0.15) is 0 Å². The van der Waals surface area contributed by atoms with Crippen molar-refractivity contribution in [3.63, 3.8) is 0 Å². The Bertz CT molecular complexity index is 79.7. The third-order valence-electron chi connectivity index (χ3n) is 1.79. The van der Waals surface area contributed by atoms with Crippen LogP contribution in [0.5, 0.6) is 0 Å². The summed E-state index contributed by atoms with van der Waals surface area (Å²) in [6, 6.07) is 0. The lowest BCUT2D eigenvalue weighted by molar-refractivity contribution is 0.339. The molecule has 0 saturated carbocycles. The Balaban J connectivity index is 0.000000810. The zero-order chi connectivity index (χ0) is 6.69. The molecule has 0 amide bonds. The van der Waals surface area contributed by atoms with Gasteiger partial charge in [-0.15, -0.1) is 12.4 Å². The molecule has 1 atom stereocenters. The minimum absolute atomic E-state index is 0. The summed E-state index contributed by atoms with van der Waals surface area (Å²) >= 11 is 0. The summed E-state index contributed by atoms with van der Waals surface area (Å²) in [6.07, 6.45) is 1.36. The van der Waals surface area contributed by atoms with Crippen molar-refractivity contribution in [3.05, 3.63) is 0 Å². The highest BCUT2D eigenvalue weighted by Gasteiger charge is 2.13. The van der Waals surface area contributed by atoms with E-state index >= 15 is 0 Å². The fourth-order valence-corrected chi connectivity index (χ4v) is 1.39. The monoisotopic (exact) mass is 164 g/mol. The number of halogens is 1. The van der Waals surface area contributed by atoms with Crippen molar-refractivity contribution in [1.82, 2.24) is 10.2 Å². The van der Waals surface area contributed by atoms with Crippen LogP contribution in [0.3, 0.4) is 0 Å². The molecule has 1 aliphatic heterocycles. The fourth-order valence-electron chi connectivity index (χ4n) is 1.39. The van der Waals surface area contributed by atoms with Crippen molar-refractivity contribution in [3.8, 4) is 0 Å². The highest BCUT2D eigenvalue weighted by molar-refractivity contribution is 5.85. The SMILES string of the molecule is CN(C)CC1CCNC1.Cl. The third kappa shape index (κ3) is 3.40. The molecule has 0 aromatic heterocycles. The molecule has 1 rings (SSSR count). The van der Waals surface area contributed by atoms with E-state index in [-0.39, 0.29) is 12.4 Å². The predicted octanol–water partition coefficient (Wildman–Crippen LogP) is 0.579. The van der Waals surface area contributed by atoms with E-state index < -0.39 is 0 Å². The van der Waals surface area contributed by atoms with Crippen molar-refractivity contribution in [1.29, 1.82) is 0 Å². The Hall–Kier alpha value is 0.210. The Kier molecular flexibility index (Phi) is 5.04. The van der Waals surface area contributed by atoms with Gasteiger partial charge in [-0.05, 0) is 39.5 Å². The average Bonchev–Trinajstić information content (AvgIpc) is 2.15.